The highest BCUT2D eigenvalue weighted by Gasteiger charge is 2.53. The summed E-state index contributed by atoms with van der Waals surface area (Å²) in [5.74, 6) is 4.95. The molecule has 2 unspecified atom stereocenters. The normalized spacial score (nSPS) is 33.0. The van der Waals surface area contributed by atoms with Crippen molar-refractivity contribution in [2.24, 2.45) is 5.90 Å². The van der Waals surface area contributed by atoms with E-state index in [1.54, 1.807) is 0 Å². The fourth-order valence-corrected chi connectivity index (χ4v) is 1.24. The zero-order valence-corrected chi connectivity index (χ0v) is 6.96. The van der Waals surface area contributed by atoms with Gasteiger partial charge in [0, 0.05) is 0 Å². The van der Waals surface area contributed by atoms with E-state index in [2.05, 4.69) is 20.8 Å². The lowest BCUT2D eigenvalue weighted by Crippen LogP contribution is -2.44. The molecule has 0 spiro atoms. The predicted octanol–water partition coefficient (Wildman–Crippen LogP) is -2.14. The summed E-state index contributed by atoms with van der Waals surface area (Å²) in [5, 5.41) is 8.75. The largest absolute Gasteiger partial charge is 0.340 e. The Morgan fingerprint density at radius 3 is 3.08 bits per heavy atom. The van der Waals surface area contributed by atoms with Crippen LogP contribution >= 0.6 is 0 Å². The minimum absolute atomic E-state index is 0.0847. The van der Waals surface area contributed by atoms with E-state index in [0.29, 0.717) is 13.0 Å². The van der Waals surface area contributed by atoms with E-state index in [1.165, 1.54) is 0 Å². The van der Waals surface area contributed by atoms with Gasteiger partial charge in [-0.05, 0) is 6.54 Å². The topological polar surface area (TPSA) is 98.3 Å². The molecule has 1 amide bonds. The van der Waals surface area contributed by atoms with Gasteiger partial charge in [0.05, 0.1) is 0 Å². The van der Waals surface area contributed by atoms with Crippen LogP contribution in [-0.2, 0) is 9.63 Å². The van der Waals surface area contributed by atoms with Crippen molar-refractivity contribution in [3.05, 3.63) is 0 Å². The van der Waals surface area contributed by atoms with Crippen LogP contribution in [0.15, 0.2) is 0 Å². The first-order valence-electron chi connectivity index (χ1n) is 3.83. The van der Waals surface area contributed by atoms with Crippen molar-refractivity contribution in [2.75, 3.05) is 13.2 Å². The Balaban J connectivity index is 2.37. The van der Waals surface area contributed by atoms with Gasteiger partial charge >= 0.3 is 0 Å². The van der Waals surface area contributed by atoms with E-state index in [1.807, 2.05) is 6.92 Å². The minimum Gasteiger partial charge on any atom is -0.340 e. The van der Waals surface area contributed by atoms with E-state index in [9.17, 15) is 4.79 Å². The minimum atomic E-state index is -0.371. The van der Waals surface area contributed by atoms with Gasteiger partial charge in [-0.1, -0.05) is 6.92 Å². The first kappa shape index (κ1) is 9.40. The standard InChI is InChI=1S/C6H14N4O2/c1-2-9-6(3-12-7)5(10-6)8-4-11/h4-5,9-10H,2-3,7H2,1H3,(H,8,11). The second-order valence-corrected chi connectivity index (χ2v) is 2.67. The highest BCUT2D eigenvalue weighted by Crippen LogP contribution is 2.20. The van der Waals surface area contributed by atoms with Crippen molar-refractivity contribution >= 4 is 6.41 Å². The molecule has 0 radical (unpaired) electrons. The Labute approximate surface area is 70.8 Å². The quantitative estimate of drug-likeness (QED) is 0.209. The molecule has 1 rings (SSSR count). The van der Waals surface area contributed by atoms with Gasteiger partial charge in [0.15, 0.2) is 0 Å². The maximum atomic E-state index is 10.1. The van der Waals surface area contributed by atoms with Gasteiger partial charge in [-0.3, -0.25) is 15.4 Å². The summed E-state index contributed by atoms with van der Waals surface area (Å²) in [6, 6.07) is 0. The number of nitrogens with one attached hydrogen (secondary N) is 3. The zero-order valence-electron chi connectivity index (χ0n) is 6.96. The van der Waals surface area contributed by atoms with Gasteiger partial charge in [-0.15, -0.1) is 0 Å². The fraction of sp³-hybridized carbons (Fsp3) is 0.833. The summed E-state index contributed by atoms with van der Waals surface area (Å²) in [6.45, 7) is 3.08. The molecule has 0 aliphatic carbocycles. The van der Waals surface area contributed by atoms with E-state index < -0.39 is 0 Å². The lowest BCUT2D eigenvalue weighted by Gasteiger charge is -2.13. The molecule has 1 aliphatic rings. The molecule has 0 aromatic carbocycles. The number of hydrogen-bond acceptors (Lipinski definition) is 5. The molecule has 1 fully saturated rings. The van der Waals surface area contributed by atoms with Crippen LogP contribution in [0.1, 0.15) is 6.92 Å². The third kappa shape index (κ3) is 1.72. The Morgan fingerprint density at radius 2 is 2.58 bits per heavy atom. The van der Waals surface area contributed by atoms with Crippen LogP contribution in [0.5, 0.6) is 0 Å². The van der Waals surface area contributed by atoms with Crippen molar-refractivity contribution in [2.45, 2.75) is 18.8 Å². The maximum absolute atomic E-state index is 10.1. The number of likely N-dealkylation sites (N-methyl/N-ethyl adjacent to an activating group) is 1. The second kappa shape index (κ2) is 3.81. The van der Waals surface area contributed by atoms with E-state index in [4.69, 9.17) is 5.90 Å². The van der Waals surface area contributed by atoms with Gasteiger partial charge in [0.1, 0.15) is 18.4 Å². The number of rotatable bonds is 6. The van der Waals surface area contributed by atoms with Crippen molar-refractivity contribution in [3.8, 4) is 0 Å². The van der Waals surface area contributed by atoms with Gasteiger partial charge < -0.3 is 10.2 Å². The molecule has 1 saturated heterocycles. The monoisotopic (exact) mass is 174 g/mol. The van der Waals surface area contributed by atoms with Crippen LogP contribution in [0.25, 0.3) is 0 Å². The van der Waals surface area contributed by atoms with Crippen LogP contribution in [0.2, 0.25) is 0 Å². The molecule has 70 valence electrons. The number of carbonyl (C=O) groups is 1. The number of nitrogens with two attached hydrogens (primary N) is 1. The molecule has 1 heterocycles. The van der Waals surface area contributed by atoms with Crippen LogP contribution in [0.4, 0.5) is 0 Å². The van der Waals surface area contributed by atoms with Crippen molar-refractivity contribution in [1.29, 1.82) is 0 Å². The molecule has 0 saturated carbocycles. The van der Waals surface area contributed by atoms with Crippen LogP contribution < -0.4 is 21.8 Å². The number of carbonyl (C=O) groups excluding carboxylic acids is 1. The summed E-state index contributed by atoms with van der Waals surface area (Å²) in [6.07, 6.45) is 0.561. The summed E-state index contributed by atoms with van der Waals surface area (Å²) < 4.78 is 0. The van der Waals surface area contributed by atoms with E-state index in [0.717, 1.165) is 6.54 Å². The second-order valence-electron chi connectivity index (χ2n) is 2.67. The molecule has 2 atom stereocenters. The fourth-order valence-electron chi connectivity index (χ4n) is 1.24. The Morgan fingerprint density at radius 1 is 1.83 bits per heavy atom. The molecule has 0 aromatic rings. The van der Waals surface area contributed by atoms with E-state index >= 15 is 0 Å². The third-order valence-electron chi connectivity index (χ3n) is 1.85. The SMILES string of the molecule is CCNC1(CON)NC1NC=O. The molecular formula is C6H14N4O2. The summed E-state index contributed by atoms with van der Waals surface area (Å²) in [7, 11) is 0. The van der Waals surface area contributed by atoms with Gasteiger partial charge in [0.25, 0.3) is 0 Å². The Kier molecular flexibility index (Phi) is 2.99. The number of amides is 1. The Hall–Kier alpha value is -0.690. The van der Waals surface area contributed by atoms with Crippen molar-refractivity contribution in [1.82, 2.24) is 16.0 Å². The average Bonchev–Trinajstić information content (AvgIpc) is 2.66. The molecule has 12 heavy (non-hydrogen) atoms. The summed E-state index contributed by atoms with van der Waals surface area (Å²) in [4.78, 5) is 14.6. The Bertz CT molecular complexity index is 158. The molecule has 6 heteroatoms. The van der Waals surface area contributed by atoms with Gasteiger partial charge in [-0.25, -0.2) is 5.90 Å². The zero-order chi connectivity index (χ0) is 9.03. The van der Waals surface area contributed by atoms with E-state index in [-0.39, 0.29) is 11.8 Å². The maximum Gasteiger partial charge on any atom is 0.208 e. The lowest BCUT2D eigenvalue weighted by atomic mass is 10.3. The highest BCUT2D eigenvalue weighted by molar-refractivity contribution is 5.48. The first-order chi connectivity index (χ1) is 5.79. The van der Waals surface area contributed by atoms with Crippen molar-refractivity contribution in [3.63, 3.8) is 0 Å². The molecule has 5 N–H and O–H groups in total. The summed E-state index contributed by atoms with van der Waals surface area (Å²) in [5.41, 5.74) is -0.371. The third-order valence-corrected chi connectivity index (χ3v) is 1.85. The van der Waals surface area contributed by atoms with Gasteiger partial charge in [0.2, 0.25) is 6.41 Å². The average molecular weight is 174 g/mol. The number of hydrogen-bond donors (Lipinski definition) is 4. The molecule has 0 bridgehead atoms. The van der Waals surface area contributed by atoms with Crippen LogP contribution in [-0.4, -0.2) is 31.4 Å². The molecule has 6 nitrogen and oxygen atoms in total. The molecule has 0 aromatic heterocycles. The lowest BCUT2D eigenvalue weighted by molar-refractivity contribution is -0.109. The highest BCUT2D eigenvalue weighted by atomic mass is 16.6. The first-order valence-corrected chi connectivity index (χ1v) is 3.83. The van der Waals surface area contributed by atoms with Crippen molar-refractivity contribution < 1.29 is 9.63 Å². The smallest absolute Gasteiger partial charge is 0.208 e. The molecule has 1 aliphatic heterocycles. The predicted molar refractivity (Wildman–Crippen MR) is 42.7 cm³/mol. The molecular weight excluding hydrogens is 160 g/mol. The van der Waals surface area contributed by atoms with Crippen LogP contribution in [0, 0.1) is 0 Å². The summed E-state index contributed by atoms with van der Waals surface area (Å²) >= 11 is 0. The van der Waals surface area contributed by atoms with Gasteiger partial charge in [-0.2, -0.15) is 0 Å². The van der Waals surface area contributed by atoms with Crippen LogP contribution in [0.3, 0.4) is 0 Å².